The summed E-state index contributed by atoms with van der Waals surface area (Å²) in [4.78, 5) is 14.2. The van der Waals surface area contributed by atoms with Crippen LogP contribution in [-0.4, -0.2) is 9.91 Å². The van der Waals surface area contributed by atoms with Gasteiger partial charge in [0.1, 0.15) is 23.5 Å². The van der Waals surface area contributed by atoms with Crippen molar-refractivity contribution in [1.29, 1.82) is 10.5 Å². The lowest BCUT2D eigenvalue weighted by Crippen LogP contribution is -1.95. The summed E-state index contributed by atoms with van der Waals surface area (Å²) in [5.74, 6) is 0.261. The van der Waals surface area contributed by atoms with Crippen LogP contribution in [0, 0.1) is 32.8 Å². The van der Waals surface area contributed by atoms with Gasteiger partial charge < -0.3 is 10.1 Å². The number of anilines is 1. The molecule has 0 spiro atoms. The first-order valence-electron chi connectivity index (χ1n) is 6.28. The van der Waals surface area contributed by atoms with Gasteiger partial charge in [-0.1, -0.05) is 0 Å². The largest absolute Gasteiger partial charge is 0.434 e. The van der Waals surface area contributed by atoms with E-state index in [4.69, 9.17) is 15.3 Å². The van der Waals surface area contributed by atoms with E-state index in [1.165, 1.54) is 24.5 Å². The Bertz CT molecular complexity index is 815. The number of nitrogens with zero attached hydrogens (tertiary/aromatic N) is 4. The van der Waals surface area contributed by atoms with Crippen LogP contribution in [0.1, 0.15) is 0 Å². The minimum atomic E-state index is -0.575. The normalized spacial score (nSPS) is 9.13. The second kappa shape index (κ2) is 7.20. The maximum Gasteiger partial charge on any atom is 0.331 e. The second-order valence-electron chi connectivity index (χ2n) is 4.14. The molecule has 2 aromatic rings. The van der Waals surface area contributed by atoms with Gasteiger partial charge in [-0.3, -0.25) is 10.1 Å². The van der Waals surface area contributed by atoms with Gasteiger partial charge in [0.2, 0.25) is 0 Å². The lowest BCUT2D eigenvalue weighted by atomic mass is 10.3. The molecule has 0 aliphatic heterocycles. The molecule has 1 heterocycles. The van der Waals surface area contributed by atoms with Crippen LogP contribution in [0.25, 0.3) is 0 Å². The van der Waals surface area contributed by atoms with Crippen LogP contribution in [0.2, 0.25) is 0 Å². The van der Waals surface area contributed by atoms with Crippen molar-refractivity contribution in [3.63, 3.8) is 0 Å². The molecule has 0 unspecified atom stereocenters. The molecule has 1 aromatic heterocycles. The van der Waals surface area contributed by atoms with Crippen LogP contribution in [0.4, 0.5) is 11.4 Å². The van der Waals surface area contributed by atoms with E-state index in [-0.39, 0.29) is 17.1 Å². The van der Waals surface area contributed by atoms with Crippen molar-refractivity contribution in [2.24, 2.45) is 0 Å². The van der Waals surface area contributed by atoms with Gasteiger partial charge in [0, 0.05) is 24.2 Å². The summed E-state index contributed by atoms with van der Waals surface area (Å²) in [5.41, 5.74) is 0.329. The monoisotopic (exact) mass is 307 g/mol. The number of benzene rings is 1. The summed E-state index contributed by atoms with van der Waals surface area (Å²) >= 11 is 0. The van der Waals surface area contributed by atoms with E-state index < -0.39 is 4.92 Å². The quantitative estimate of drug-likeness (QED) is 0.511. The molecule has 0 amide bonds. The van der Waals surface area contributed by atoms with Gasteiger partial charge in [0.25, 0.3) is 5.88 Å². The molecule has 0 aliphatic carbocycles. The van der Waals surface area contributed by atoms with Crippen LogP contribution in [0.15, 0.2) is 54.4 Å². The molecule has 0 radical (unpaired) electrons. The Labute approximate surface area is 131 Å². The predicted octanol–water partition coefficient (Wildman–Crippen LogP) is 3.13. The number of aromatic nitrogens is 1. The Hall–Kier alpha value is -3.91. The minimum Gasteiger partial charge on any atom is -0.434 e. The van der Waals surface area contributed by atoms with E-state index in [0.717, 1.165) is 0 Å². The number of allylic oxidation sites excluding steroid dienone is 1. The highest BCUT2D eigenvalue weighted by atomic mass is 16.6. The number of nitriles is 2. The third kappa shape index (κ3) is 4.03. The molecule has 23 heavy (non-hydrogen) atoms. The molecule has 1 N–H and O–H groups in total. The van der Waals surface area contributed by atoms with Crippen molar-refractivity contribution in [1.82, 2.24) is 4.98 Å². The lowest BCUT2D eigenvalue weighted by Gasteiger charge is -2.06. The zero-order valence-corrected chi connectivity index (χ0v) is 11.6. The third-order valence-electron chi connectivity index (χ3n) is 2.64. The van der Waals surface area contributed by atoms with E-state index in [9.17, 15) is 10.1 Å². The Balaban J connectivity index is 2.13. The van der Waals surface area contributed by atoms with E-state index in [2.05, 4.69) is 10.3 Å². The highest BCUT2D eigenvalue weighted by Crippen LogP contribution is 2.28. The highest BCUT2D eigenvalue weighted by molar-refractivity contribution is 5.52. The molecular formula is C15H9N5O3. The molecule has 112 valence electrons. The highest BCUT2D eigenvalue weighted by Gasteiger charge is 2.16. The summed E-state index contributed by atoms with van der Waals surface area (Å²) in [6.45, 7) is 0. The first kappa shape index (κ1) is 15.5. The van der Waals surface area contributed by atoms with Gasteiger partial charge in [-0.15, -0.1) is 0 Å². The maximum atomic E-state index is 10.9. The summed E-state index contributed by atoms with van der Waals surface area (Å²) in [6.07, 6.45) is 2.67. The molecule has 2 rings (SSSR count). The van der Waals surface area contributed by atoms with Gasteiger partial charge in [-0.05, 0) is 30.3 Å². The van der Waals surface area contributed by atoms with Gasteiger partial charge in [-0.25, -0.2) is 4.98 Å². The minimum absolute atomic E-state index is 0.0607. The number of nitro groups is 1. The number of rotatable bonds is 5. The van der Waals surface area contributed by atoms with Crippen molar-refractivity contribution in [3.8, 4) is 23.8 Å². The third-order valence-corrected chi connectivity index (χ3v) is 2.64. The molecule has 0 fully saturated rings. The number of hydrogen-bond donors (Lipinski definition) is 1. The predicted molar refractivity (Wildman–Crippen MR) is 80.3 cm³/mol. The molecule has 0 saturated carbocycles. The number of nitrogens with one attached hydrogen (secondary N) is 1. The van der Waals surface area contributed by atoms with Crippen LogP contribution in [0.3, 0.4) is 0 Å². The van der Waals surface area contributed by atoms with Gasteiger partial charge >= 0.3 is 5.69 Å². The van der Waals surface area contributed by atoms with Gasteiger partial charge in [0.15, 0.2) is 0 Å². The molecule has 8 nitrogen and oxygen atoms in total. The molecular weight excluding hydrogens is 298 g/mol. The average molecular weight is 307 g/mol. The van der Waals surface area contributed by atoms with Crippen LogP contribution < -0.4 is 10.1 Å². The van der Waals surface area contributed by atoms with Crippen molar-refractivity contribution in [2.45, 2.75) is 0 Å². The molecule has 1 aromatic carbocycles. The number of hydrogen-bond acceptors (Lipinski definition) is 7. The Morgan fingerprint density at radius 1 is 1.26 bits per heavy atom. The SMILES string of the molecule is N#CC(C#N)=CNc1ccc(Oc2ncccc2[N+](=O)[O-])cc1. The molecule has 0 saturated heterocycles. The fourth-order valence-corrected chi connectivity index (χ4v) is 1.58. The van der Waals surface area contributed by atoms with Crippen molar-refractivity contribution in [3.05, 3.63) is 64.5 Å². The summed E-state index contributed by atoms with van der Waals surface area (Å²) in [5, 5.41) is 30.9. The van der Waals surface area contributed by atoms with Gasteiger partial charge in [-0.2, -0.15) is 10.5 Å². The molecule has 0 bridgehead atoms. The lowest BCUT2D eigenvalue weighted by molar-refractivity contribution is -0.386. The zero-order chi connectivity index (χ0) is 16.7. The van der Waals surface area contributed by atoms with Crippen LogP contribution >= 0.6 is 0 Å². The maximum absolute atomic E-state index is 10.9. The van der Waals surface area contributed by atoms with Crippen LogP contribution in [0.5, 0.6) is 11.6 Å². The second-order valence-corrected chi connectivity index (χ2v) is 4.14. The first-order chi connectivity index (χ1) is 11.1. The van der Waals surface area contributed by atoms with Gasteiger partial charge in [0.05, 0.1) is 4.92 Å². The van der Waals surface area contributed by atoms with E-state index in [1.54, 1.807) is 36.4 Å². The fourth-order valence-electron chi connectivity index (χ4n) is 1.58. The topological polar surface area (TPSA) is 125 Å². The molecule has 0 aliphatic rings. The summed E-state index contributed by atoms with van der Waals surface area (Å²) in [6, 6.07) is 12.6. The van der Waals surface area contributed by atoms with Crippen molar-refractivity contribution in [2.75, 3.05) is 5.32 Å². The van der Waals surface area contributed by atoms with Crippen molar-refractivity contribution >= 4 is 11.4 Å². The number of pyridine rings is 1. The Morgan fingerprint density at radius 3 is 2.57 bits per heavy atom. The van der Waals surface area contributed by atoms with E-state index in [0.29, 0.717) is 11.4 Å². The Kier molecular flexibility index (Phi) is 4.85. The number of ether oxygens (including phenoxy) is 1. The molecule has 8 heteroatoms. The zero-order valence-electron chi connectivity index (χ0n) is 11.6. The summed E-state index contributed by atoms with van der Waals surface area (Å²) < 4.78 is 5.39. The van der Waals surface area contributed by atoms with Crippen LogP contribution in [-0.2, 0) is 0 Å². The Morgan fingerprint density at radius 2 is 1.96 bits per heavy atom. The van der Waals surface area contributed by atoms with Crippen molar-refractivity contribution < 1.29 is 9.66 Å². The smallest absolute Gasteiger partial charge is 0.331 e. The molecule has 0 atom stereocenters. The van der Waals surface area contributed by atoms with E-state index in [1.807, 2.05) is 0 Å². The average Bonchev–Trinajstić information content (AvgIpc) is 2.57. The first-order valence-corrected chi connectivity index (χ1v) is 6.28. The van der Waals surface area contributed by atoms with E-state index >= 15 is 0 Å². The fraction of sp³-hybridized carbons (Fsp3) is 0. The standard InChI is InChI=1S/C15H9N5O3/c16-8-11(9-17)10-19-12-3-5-13(6-4-12)23-15-14(20(21)22)2-1-7-18-15/h1-7,10,19H. The summed E-state index contributed by atoms with van der Waals surface area (Å²) in [7, 11) is 0.